The first-order valence-corrected chi connectivity index (χ1v) is 5.63. The van der Waals surface area contributed by atoms with E-state index in [0.717, 1.165) is 22.6 Å². The molecule has 0 saturated carbocycles. The van der Waals surface area contributed by atoms with E-state index in [1.54, 1.807) is 18.5 Å². The van der Waals surface area contributed by atoms with Crippen LogP contribution in [0.4, 0.5) is 0 Å². The average molecular weight is 244 g/mol. The highest BCUT2D eigenvalue weighted by atomic mass is 16.5. The van der Waals surface area contributed by atoms with Crippen molar-refractivity contribution in [2.75, 3.05) is 7.11 Å². The lowest BCUT2D eigenvalue weighted by atomic mass is 10.0. The van der Waals surface area contributed by atoms with Gasteiger partial charge in [-0.1, -0.05) is 0 Å². The van der Waals surface area contributed by atoms with Crippen molar-refractivity contribution >= 4 is 5.97 Å². The second kappa shape index (κ2) is 3.87. The van der Waals surface area contributed by atoms with Crippen molar-refractivity contribution in [1.29, 1.82) is 0 Å². The van der Waals surface area contributed by atoms with E-state index in [-0.39, 0.29) is 12.1 Å². The second-order valence-electron chi connectivity index (χ2n) is 4.14. The Morgan fingerprint density at radius 3 is 3.17 bits per heavy atom. The summed E-state index contributed by atoms with van der Waals surface area (Å²) in [7, 11) is 1.36. The number of aromatic nitrogens is 2. The second-order valence-corrected chi connectivity index (χ2v) is 4.14. The molecule has 1 unspecified atom stereocenters. The molecule has 0 fully saturated rings. The Bertz CT molecular complexity index is 618. The Kier molecular flexibility index (Phi) is 2.33. The highest BCUT2D eigenvalue weighted by molar-refractivity contribution is 5.90. The van der Waals surface area contributed by atoms with Crippen LogP contribution in [0.2, 0.25) is 0 Å². The maximum absolute atomic E-state index is 11.5. The zero-order valence-corrected chi connectivity index (χ0v) is 10.1. The van der Waals surface area contributed by atoms with Gasteiger partial charge < -0.3 is 14.5 Å². The third-order valence-corrected chi connectivity index (χ3v) is 3.05. The molecule has 1 aliphatic rings. The number of hydrogen-bond donors (Lipinski definition) is 1. The smallest absolute Gasteiger partial charge is 0.354 e. The van der Waals surface area contributed by atoms with E-state index in [9.17, 15) is 4.79 Å². The summed E-state index contributed by atoms with van der Waals surface area (Å²) < 4.78 is 10.5. The number of aromatic amines is 1. The Hall–Kier alpha value is -2.30. The van der Waals surface area contributed by atoms with E-state index >= 15 is 0 Å². The fraction of sp³-hybridized carbons (Fsp3) is 0.231. The lowest BCUT2D eigenvalue weighted by molar-refractivity contribution is 0.0595. The monoisotopic (exact) mass is 244 g/mol. The van der Waals surface area contributed by atoms with E-state index in [1.165, 1.54) is 7.11 Å². The van der Waals surface area contributed by atoms with Gasteiger partial charge in [0.25, 0.3) is 0 Å². The minimum Gasteiger partial charge on any atom is -0.484 e. The maximum atomic E-state index is 11.5. The van der Waals surface area contributed by atoms with Crippen LogP contribution < -0.4 is 4.74 Å². The molecule has 3 rings (SSSR count). The molecular weight excluding hydrogens is 232 g/mol. The van der Waals surface area contributed by atoms with Gasteiger partial charge in [-0.3, -0.25) is 4.98 Å². The summed E-state index contributed by atoms with van der Waals surface area (Å²) in [5, 5.41) is 0. The third kappa shape index (κ3) is 1.48. The summed E-state index contributed by atoms with van der Waals surface area (Å²) in [4.78, 5) is 18.7. The van der Waals surface area contributed by atoms with Gasteiger partial charge in [-0.25, -0.2) is 4.79 Å². The highest BCUT2D eigenvalue weighted by Gasteiger charge is 2.26. The molecule has 2 aromatic rings. The molecule has 1 atom stereocenters. The molecule has 1 aliphatic heterocycles. The number of rotatable bonds is 1. The molecule has 0 spiro atoms. The fourth-order valence-electron chi connectivity index (χ4n) is 2.17. The SMILES string of the molecule is COC(=O)c1cc2c([nH]1)-c1ccncc1OC2C. The van der Waals surface area contributed by atoms with Crippen molar-refractivity contribution in [3.05, 3.63) is 35.8 Å². The summed E-state index contributed by atoms with van der Waals surface area (Å²) in [6.45, 7) is 1.93. The molecule has 18 heavy (non-hydrogen) atoms. The van der Waals surface area contributed by atoms with Crippen molar-refractivity contribution in [1.82, 2.24) is 9.97 Å². The normalized spacial score (nSPS) is 16.4. The number of fused-ring (bicyclic) bond motifs is 3. The summed E-state index contributed by atoms with van der Waals surface area (Å²) in [5.74, 6) is 0.336. The number of methoxy groups -OCH3 is 1. The molecule has 0 aliphatic carbocycles. The zero-order valence-electron chi connectivity index (χ0n) is 10.1. The van der Waals surface area contributed by atoms with Gasteiger partial charge >= 0.3 is 5.97 Å². The van der Waals surface area contributed by atoms with Crippen LogP contribution in [0.5, 0.6) is 5.75 Å². The number of carbonyl (C=O) groups is 1. The Labute approximate surface area is 104 Å². The zero-order chi connectivity index (χ0) is 12.7. The van der Waals surface area contributed by atoms with Crippen LogP contribution in [0.25, 0.3) is 11.3 Å². The average Bonchev–Trinajstić information content (AvgIpc) is 2.84. The lowest BCUT2D eigenvalue weighted by Gasteiger charge is -2.22. The van der Waals surface area contributed by atoms with Gasteiger partial charge in [0.15, 0.2) is 0 Å². The number of nitrogens with zero attached hydrogens (tertiary/aromatic N) is 1. The third-order valence-electron chi connectivity index (χ3n) is 3.05. The number of H-pyrrole nitrogens is 1. The van der Waals surface area contributed by atoms with Gasteiger partial charge in [-0.15, -0.1) is 0 Å². The fourth-order valence-corrected chi connectivity index (χ4v) is 2.17. The minimum atomic E-state index is -0.382. The first-order chi connectivity index (χ1) is 8.70. The molecule has 5 nitrogen and oxygen atoms in total. The minimum absolute atomic E-state index is 0.119. The lowest BCUT2D eigenvalue weighted by Crippen LogP contribution is -2.09. The Morgan fingerprint density at radius 2 is 2.39 bits per heavy atom. The van der Waals surface area contributed by atoms with Crippen LogP contribution in [0.1, 0.15) is 29.1 Å². The van der Waals surface area contributed by atoms with Crippen LogP contribution in [-0.4, -0.2) is 23.0 Å². The van der Waals surface area contributed by atoms with E-state index in [4.69, 9.17) is 9.47 Å². The van der Waals surface area contributed by atoms with Crippen LogP contribution in [0.3, 0.4) is 0 Å². The molecule has 0 aromatic carbocycles. The molecule has 3 heterocycles. The summed E-state index contributed by atoms with van der Waals surface area (Å²) >= 11 is 0. The van der Waals surface area contributed by atoms with Gasteiger partial charge in [-0.2, -0.15) is 0 Å². The van der Waals surface area contributed by atoms with E-state index < -0.39 is 0 Å². The van der Waals surface area contributed by atoms with Gasteiger partial charge in [0.1, 0.15) is 17.5 Å². The standard InChI is InChI=1S/C13H12N2O3/c1-7-9-5-10(13(16)17-2)15-12(9)8-3-4-14-6-11(8)18-7/h3-7,15H,1-2H3. The topological polar surface area (TPSA) is 64.2 Å². The molecule has 0 saturated heterocycles. The molecule has 0 amide bonds. The number of hydrogen-bond acceptors (Lipinski definition) is 4. The van der Waals surface area contributed by atoms with Gasteiger partial charge in [0.05, 0.1) is 19.0 Å². The number of esters is 1. The summed E-state index contributed by atoms with van der Waals surface area (Å²) in [6.07, 6.45) is 3.25. The highest BCUT2D eigenvalue weighted by Crippen LogP contribution is 2.41. The van der Waals surface area contributed by atoms with Crippen LogP contribution in [0.15, 0.2) is 24.5 Å². The van der Waals surface area contributed by atoms with E-state index in [1.807, 2.05) is 13.0 Å². The number of ether oxygens (including phenoxy) is 2. The van der Waals surface area contributed by atoms with Crippen LogP contribution >= 0.6 is 0 Å². The maximum Gasteiger partial charge on any atom is 0.354 e. The molecule has 0 radical (unpaired) electrons. The van der Waals surface area contributed by atoms with Crippen LogP contribution in [0, 0.1) is 0 Å². The first-order valence-electron chi connectivity index (χ1n) is 5.63. The van der Waals surface area contributed by atoms with Crippen molar-refractivity contribution in [2.24, 2.45) is 0 Å². The van der Waals surface area contributed by atoms with Crippen molar-refractivity contribution in [3.63, 3.8) is 0 Å². The number of nitrogens with one attached hydrogen (secondary N) is 1. The van der Waals surface area contributed by atoms with E-state index in [2.05, 4.69) is 9.97 Å². The Morgan fingerprint density at radius 1 is 1.56 bits per heavy atom. The van der Waals surface area contributed by atoms with Crippen molar-refractivity contribution in [2.45, 2.75) is 13.0 Å². The Balaban J connectivity index is 2.17. The molecule has 1 N–H and O–H groups in total. The summed E-state index contributed by atoms with van der Waals surface area (Å²) in [6, 6.07) is 3.63. The summed E-state index contributed by atoms with van der Waals surface area (Å²) in [5.41, 5.74) is 3.19. The molecule has 92 valence electrons. The molecule has 2 aromatic heterocycles. The molecule has 5 heteroatoms. The predicted octanol–water partition coefficient (Wildman–Crippen LogP) is 2.32. The number of pyridine rings is 1. The quantitative estimate of drug-likeness (QED) is 0.782. The van der Waals surface area contributed by atoms with Crippen molar-refractivity contribution in [3.8, 4) is 17.0 Å². The van der Waals surface area contributed by atoms with Gasteiger partial charge in [0, 0.05) is 17.3 Å². The van der Waals surface area contributed by atoms with Crippen molar-refractivity contribution < 1.29 is 14.3 Å². The van der Waals surface area contributed by atoms with Gasteiger partial charge in [-0.05, 0) is 19.1 Å². The number of carbonyl (C=O) groups excluding carboxylic acids is 1. The molecule has 0 bridgehead atoms. The van der Waals surface area contributed by atoms with E-state index in [0.29, 0.717) is 5.69 Å². The van der Waals surface area contributed by atoms with Gasteiger partial charge in [0.2, 0.25) is 0 Å². The largest absolute Gasteiger partial charge is 0.484 e. The predicted molar refractivity (Wildman–Crippen MR) is 64.4 cm³/mol. The molecular formula is C13H12N2O3. The first kappa shape index (κ1) is 10.8. The van der Waals surface area contributed by atoms with Crippen LogP contribution in [-0.2, 0) is 4.74 Å².